The molecule has 4 N–H and O–H groups in total. The number of benzene rings is 3. The van der Waals surface area contributed by atoms with Crippen LogP contribution in [-0.4, -0.2) is 92.4 Å². The van der Waals surface area contributed by atoms with Gasteiger partial charge in [0.1, 0.15) is 30.0 Å². The average molecular weight is 736 g/mol. The van der Waals surface area contributed by atoms with Crippen molar-refractivity contribution in [3.05, 3.63) is 65.9 Å². The summed E-state index contributed by atoms with van der Waals surface area (Å²) >= 11 is 0. The van der Waals surface area contributed by atoms with E-state index >= 15 is 0 Å². The Morgan fingerprint density at radius 1 is 1.04 bits per heavy atom. The lowest BCUT2D eigenvalue weighted by molar-refractivity contribution is -0.137. The lowest BCUT2D eigenvalue weighted by Gasteiger charge is -2.32. The minimum atomic E-state index is -0.964. The van der Waals surface area contributed by atoms with Crippen LogP contribution >= 0.6 is 0 Å². The third-order valence-corrected chi connectivity index (χ3v) is 11.3. The summed E-state index contributed by atoms with van der Waals surface area (Å²) in [5, 5.41) is 14.6. The number of fused-ring (bicyclic) bond motifs is 6. The van der Waals surface area contributed by atoms with Gasteiger partial charge in [-0.05, 0) is 78.4 Å². The van der Waals surface area contributed by atoms with Crippen molar-refractivity contribution in [2.24, 2.45) is 11.8 Å². The number of amides is 3. The molecule has 3 aliphatic rings. The maximum atomic E-state index is 13.8. The van der Waals surface area contributed by atoms with Crippen LogP contribution in [0.4, 0.5) is 9.59 Å². The highest BCUT2D eigenvalue weighted by atomic mass is 16.5. The molecule has 0 radical (unpaired) electrons. The molecule has 0 aliphatic carbocycles. The van der Waals surface area contributed by atoms with Crippen molar-refractivity contribution >= 4 is 39.9 Å². The SMILES string of the molecule is COC[C@H]1C[C@@H](c2nc3c(ccc4cc5c(cc43)OCc3cc(-c4cnc([C@@H]6CC[C@H](C)N6C(=O)C(NC(=O)OC)C(C)C)[nH]4)ccc3-5)[nH]2)N(C(=O)O)C1. The lowest BCUT2D eigenvalue weighted by Crippen LogP contribution is -2.52. The van der Waals surface area contributed by atoms with E-state index in [4.69, 9.17) is 24.2 Å². The maximum absolute atomic E-state index is 13.8. The molecule has 3 aliphatic heterocycles. The topological polar surface area (TPSA) is 175 Å². The molecule has 1 unspecified atom stereocenters. The van der Waals surface area contributed by atoms with Gasteiger partial charge in [0, 0.05) is 36.6 Å². The number of rotatable bonds is 8. The van der Waals surface area contributed by atoms with Crippen LogP contribution in [0.15, 0.2) is 48.7 Å². The van der Waals surface area contributed by atoms with Crippen molar-refractivity contribution in [1.29, 1.82) is 0 Å². The van der Waals surface area contributed by atoms with Gasteiger partial charge in [-0.15, -0.1) is 0 Å². The average Bonchev–Trinajstić information content (AvgIpc) is 3.98. The van der Waals surface area contributed by atoms with Crippen molar-refractivity contribution in [2.45, 2.75) is 70.8 Å². The van der Waals surface area contributed by atoms with Crippen LogP contribution in [0.1, 0.15) is 69.3 Å². The molecule has 0 bridgehead atoms. The van der Waals surface area contributed by atoms with Gasteiger partial charge in [0.05, 0.1) is 48.7 Å². The van der Waals surface area contributed by atoms with Gasteiger partial charge in [-0.1, -0.05) is 32.0 Å². The number of carboxylic acid groups (broad SMARTS) is 1. The second-order valence-corrected chi connectivity index (χ2v) is 15.0. The maximum Gasteiger partial charge on any atom is 0.407 e. The molecule has 2 saturated heterocycles. The number of alkyl carbamates (subject to hydrolysis) is 1. The molecule has 2 aromatic heterocycles. The minimum absolute atomic E-state index is 0.0107. The van der Waals surface area contributed by atoms with E-state index in [2.05, 4.69) is 45.6 Å². The summed E-state index contributed by atoms with van der Waals surface area (Å²) < 4.78 is 16.5. The number of carbonyl (C=O) groups excluding carboxylic acids is 2. The molecular weight excluding hydrogens is 690 g/mol. The number of hydrogen-bond acceptors (Lipinski definition) is 8. The zero-order valence-corrected chi connectivity index (χ0v) is 31.0. The van der Waals surface area contributed by atoms with Gasteiger partial charge >= 0.3 is 12.2 Å². The van der Waals surface area contributed by atoms with Crippen LogP contribution < -0.4 is 10.1 Å². The third kappa shape index (κ3) is 6.17. The first-order valence-electron chi connectivity index (χ1n) is 18.5. The van der Waals surface area contributed by atoms with Crippen molar-refractivity contribution in [3.63, 3.8) is 0 Å². The molecule has 5 atom stereocenters. The molecule has 14 nitrogen and oxygen atoms in total. The Hall–Kier alpha value is -5.63. The summed E-state index contributed by atoms with van der Waals surface area (Å²) in [7, 11) is 2.93. The number of methoxy groups -OCH3 is 2. The quantitative estimate of drug-likeness (QED) is 0.134. The number of nitrogens with zero attached hydrogens (tertiary/aromatic N) is 4. The third-order valence-electron chi connectivity index (χ3n) is 11.3. The van der Waals surface area contributed by atoms with Gasteiger partial charge in [0.15, 0.2) is 0 Å². The minimum Gasteiger partial charge on any atom is -0.488 e. The Labute approximate surface area is 312 Å². The number of imidazole rings is 2. The van der Waals surface area contributed by atoms with Crippen molar-refractivity contribution in [3.8, 4) is 28.1 Å². The van der Waals surface area contributed by atoms with Gasteiger partial charge < -0.3 is 39.5 Å². The van der Waals surface area contributed by atoms with E-state index < -0.39 is 18.2 Å². The predicted molar refractivity (Wildman–Crippen MR) is 201 cm³/mol. The van der Waals surface area contributed by atoms with Gasteiger partial charge in [0.25, 0.3) is 0 Å². The first-order chi connectivity index (χ1) is 26.0. The van der Waals surface area contributed by atoms with Crippen LogP contribution in [0.5, 0.6) is 5.75 Å². The normalized spacial score (nSPS) is 21.3. The van der Waals surface area contributed by atoms with E-state index in [1.807, 2.05) is 44.0 Å². The molecule has 2 fully saturated rings. The fourth-order valence-corrected chi connectivity index (χ4v) is 8.52. The van der Waals surface area contributed by atoms with Gasteiger partial charge in [0.2, 0.25) is 5.91 Å². The largest absolute Gasteiger partial charge is 0.488 e. The lowest BCUT2D eigenvalue weighted by atomic mass is 9.92. The standard InChI is InChI=1S/C40H45N7O7/c1-20(2)34(45-39(49)53-5)38(48)47-21(3)6-11-31(47)36-41-16-30(43-36)24-7-9-26-25(13-24)19-54-33-15-27-23(14-28(26)33)8-10-29-35(27)44-37(42-29)32-12-22(18-52-4)17-46(32)40(50)51/h7-10,13-16,20-22,31-32,34H,6,11-12,17-19H2,1-5H3,(H,41,43)(H,42,44)(H,45,49)(H,50,51)/t21-,22-,31-,32-,34?/m0/s1. The molecule has 0 saturated carbocycles. The van der Waals surface area contributed by atoms with Crippen molar-refractivity contribution < 1.29 is 33.7 Å². The number of aromatic nitrogens is 4. The fraction of sp³-hybridized carbons (Fsp3) is 0.425. The van der Waals surface area contributed by atoms with E-state index in [0.29, 0.717) is 37.8 Å². The summed E-state index contributed by atoms with van der Waals surface area (Å²) in [6, 6.07) is 13.2. The van der Waals surface area contributed by atoms with Crippen LogP contribution in [0.3, 0.4) is 0 Å². The smallest absolute Gasteiger partial charge is 0.407 e. The first-order valence-corrected chi connectivity index (χ1v) is 18.5. The van der Waals surface area contributed by atoms with E-state index in [9.17, 15) is 19.5 Å². The highest BCUT2D eigenvalue weighted by Gasteiger charge is 2.41. The number of ether oxygens (including phenoxy) is 3. The van der Waals surface area contributed by atoms with Crippen molar-refractivity contribution in [1.82, 2.24) is 35.1 Å². The number of nitrogens with one attached hydrogen (secondary N) is 3. The summed E-state index contributed by atoms with van der Waals surface area (Å²) in [5.41, 5.74) is 6.52. The summed E-state index contributed by atoms with van der Waals surface area (Å²) in [6.45, 7) is 7.12. The molecule has 282 valence electrons. The summed E-state index contributed by atoms with van der Waals surface area (Å²) in [5.74, 6) is 1.94. The molecule has 5 heterocycles. The second kappa shape index (κ2) is 14.0. The summed E-state index contributed by atoms with van der Waals surface area (Å²) in [4.78, 5) is 57.8. The monoisotopic (exact) mass is 735 g/mol. The molecule has 8 rings (SSSR count). The number of hydrogen-bond donors (Lipinski definition) is 4. The molecule has 0 spiro atoms. The zero-order chi connectivity index (χ0) is 37.8. The van der Waals surface area contributed by atoms with Gasteiger partial charge in [-0.25, -0.2) is 19.6 Å². The number of likely N-dealkylation sites (tertiary alicyclic amines) is 2. The Morgan fingerprint density at radius 2 is 1.87 bits per heavy atom. The second-order valence-electron chi connectivity index (χ2n) is 15.0. The van der Waals surface area contributed by atoms with Crippen LogP contribution in [-0.2, 0) is 20.9 Å². The Morgan fingerprint density at radius 3 is 2.63 bits per heavy atom. The fourth-order valence-electron chi connectivity index (χ4n) is 8.52. The number of aromatic amines is 2. The van der Waals surface area contributed by atoms with Crippen molar-refractivity contribution in [2.75, 3.05) is 27.4 Å². The zero-order valence-electron chi connectivity index (χ0n) is 31.0. The van der Waals surface area contributed by atoms with Gasteiger partial charge in [-0.2, -0.15) is 0 Å². The highest BCUT2D eigenvalue weighted by Crippen LogP contribution is 2.44. The Bertz CT molecular complexity index is 2260. The Kier molecular flexibility index (Phi) is 9.16. The first kappa shape index (κ1) is 35.4. The van der Waals surface area contributed by atoms with E-state index in [1.54, 1.807) is 7.11 Å². The highest BCUT2D eigenvalue weighted by molar-refractivity contribution is 6.07. The van der Waals surface area contributed by atoms with Gasteiger partial charge in [-0.3, -0.25) is 9.69 Å². The molecule has 3 aromatic carbocycles. The van der Waals surface area contributed by atoms with Crippen LogP contribution in [0.25, 0.3) is 44.2 Å². The summed E-state index contributed by atoms with van der Waals surface area (Å²) in [6.07, 6.45) is 2.44. The number of H-pyrrole nitrogens is 2. The Balaban J connectivity index is 1.06. The van der Waals surface area contributed by atoms with E-state index in [-0.39, 0.29) is 35.9 Å². The molecule has 3 amide bonds. The molecule has 14 heteroatoms. The van der Waals surface area contributed by atoms with E-state index in [0.717, 1.165) is 68.3 Å². The number of carbonyl (C=O) groups is 3. The van der Waals surface area contributed by atoms with Crippen LogP contribution in [0.2, 0.25) is 0 Å². The predicted octanol–water partition coefficient (Wildman–Crippen LogP) is 6.79. The molecular formula is C40H45N7O7. The molecule has 54 heavy (non-hydrogen) atoms. The van der Waals surface area contributed by atoms with E-state index in [1.165, 1.54) is 12.0 Å². The molecule has 5 aromatic rings. The van der Waals surface area contributed by atoms with Crippen LogP contribution in [0, 0.1) is 11.8 Å².